The summed E-state index contributed by atoms with van der Waals surface area (Å²) >= 11 is 0. The highest BCUT2D eigenvalue weighted by Crippen LogP contribution is 2.28. The first-order valence-electron chi connectivity index (χ1n) is 11.5. The molecule has 7 heteroatoms. The molecule has 1 amide bonds. The molecule has 0 saturated carbocycles. The van der Waals surface area contributed by atoms with Crippen molar-refractivity contribution in [1.29, 1.82) is 0 Å². The maximum Gasteiger partial charge on any atom is 0.410 e. The summed E-state index contributed by atoms with van der Waals surface area (Å²) in [5.41, 5.74) is 2.73. The Bertz CT molecular complexity index is 1100. The van der Waals surface area contributed by atoms with Crippen molar-refractivity contribution in [2.75, 3.05) is 32.1 Å². The number of nitrogens with zero attached hydrogens (tertiary/aromatic N) is 4. The average Bonchev–Trinajstić information content (AvgIpc) is 3.16. The van der Waals surface area contributed by atoms with Gasteiger partial charge in [0.25, 0.3) is 0 Å². The molecule has 1 atom stereocenters. The summed E-state index contributed by atoms with van der Waals surface area (Å²) in [4.78, 5) is 21.7. The number of fused-ring (bicyclic) bond motifs is 1. The van der Waals surface area contributed by atoms with Crippen molar-refractivity contribution in [1.82, 2.24) is 14.5 Å². The monoisotopic (exact) mass is 450 g/mol. The summed E-state index contributed by atoms with van der Waals surface area (Å²) in [6.07, 6.45) is 1.70. The number of imidazole rings is 1. The normalized spacial score (nSPS) is 16.6. The molecule has 0 aliphatic carbocycles. The Balaban J connectivity index is 1.60. The molecule has 33 heavy (non-hydrogen) atoms. The molecule has 2 heterocycles. The first kappa shape index (κ1) is 23.0. The summed E-state index contributed by atoms with van der Waals surface area (Å²) in [5.74, 6) is 1.75. The zero-order chi connectivity index (χ0) is 23.6. The maximum atomic E-state index is 12.7. The number of anilines is 1. The lowest BCUT2D eigenvalue weighted by Gasteiger charge is -2.38. The van der Waals surface area contributed by atoms with E-state index in [4.69, 9.17) is 14.5 Å². The van der Waals surface area contributed by atoms with Crippen LogP contribution in [0, 0.1) is 0 Å². The fourth-order valence-electron chi connectivity index (χ4n) is 4.33. The second-order valence-electron chi connectivity index (χ2n) is 9.67. The Morgan fingerprint density at radius 2 is 1.88 bits per heavy atom. The SMILES string of the molecule is COc1ccc(Cn2c(N(C)C3CCCN(C(=O)OC(C)(C)C)C3)nc3ccccc32)cc1. The number of para-hydroxylation sites is 2. The van der Waals surface area contributed by atoms with Gasteiger partial charge in [0.15, 0.2) is 0 Å². The smallest absolute Gasteiger partial charge is 0.410 e. The third kappa shape index (κ3) is 5.24. The number of carbonyl (C=O) groups is 1. The van der Waals surface area contributed by atoms with Crippen LogP contribution in [0.2, 0.25) is 0 Å². The summed E-state index contributed by atoms with van der Waals surface area (Å²) in [6, 6.07) is 16.5. The maximum absolute atomic E-state index is 12.7. The lowest BCUT2D eigenvalue weighted by Crippen LogP contribution is -2.50. The number of benzene rings is 2. The van der Waals surface area contributed by atoms with Crippen molar-refractivity contribution < 1.29 is 14.3 Å². The van der Waals surface area contributed by atoms with E-state index in [1.807, 2.05) is 56.0 Å². The Kier molecular flexibility index (Phi) is 6.49. The molecule has 1 unspecified atom stereocenters. The number of likely N-dealkylation sites (N-methyl/N-ethyl adjacent to an activating group) is 1. The zero-order valence-electron chi connectivity index (χ0n) is 20.2. The number of aromatic nitrogens is 2. The van der Waals surface area contributed by atoms with E-state index in [2.05, 4.69) is 34.7 Å². The minimum atomic E-state index is -0.498. The number of hydrogen-bond acceptors (Lipinski definition) is 5. The summed E-state index contributed by atoms with van der Waals surface area (Å²) in [7, 11) is 3.76. The standard InChI is InChI=1S/C26H34N4O3/c1-26(2,3)33-25(31)29-16-8-9-20(18-29)28(4)24-27-22-10-6-7-11-23(22)30(24)17-19-12-14-21(32-5)15-13-19/h6-7,10-15,20H,8-9,16-18H2,1-5H3. The fourth-order valence-corrected chi connectivity index (χ4v) is 4.33. The first-order valence-corrected chi connectivity index (χ1v) is 11.5. The van der Waals surface area contributed by atoms with Crippen LogP contribution < -0.4 is 9.64 Å². The fraction of sp³-hybridized carbons (Fsp3) is 0.462. The van der Waals surface area contributed by atoms with Gasteiger partial charge in [-0.15, -0.1) is 0 Å². The zero-order valence-corrected chi connectivity index (χ0v) is 20.2. The van der Waals surface area contributed by atoms with E-state index >= 15 is 0 Å². The molecule has 2 aromatic carbocycles. The quantitative estimate of drug-likeness (QED) is 0.552. The number of methoxy groups -OCH3 is 1. The molecule has 3 aromatic rings. The molecule has 0 bridgehead atoms. The second kappa shape index (κ2) is 9.33. The molecule has 176 valence electrons. The number of ether oxygens (including phenoxy) is 2. The van der Waals surface area contributed by atoms with Crippen LogP contribution in [0.15, 0.2) is 48.5 Å². The molecule has 1 aromatic heterocycles. The number of carbonyl (C=O) groups excluding carboxylic acids is 1. The van der Waals surface area contributed by atoms with E-state index in [1.54, 1.807) is 7.11 Å². The second-order valence-corrected chi connectivity index (χ2v) is 9.67. The van der Waals surface area contributed by atoms with Crippen LogP contribution >= 0.6 is 0 Å². The molecule has 1 fully saturated rings. The highest BCUT2D eigenvalue weighted by molar-refractivity contribution is 5.79. The van der Waals surface area contributed by atoms with Gasteiger partial charge in [-0.05, 0) is 63.4 Å². The van der Waals surface area contributed by atoms with Crippen molar-refractivity contribution in [3.63, 3.8) is 0 Å². The molecule has 0 N–H and O–H groups in total. The highest BCUT2D eigenvalue weighted by atomic mass is 16.6. The molecule has 7 nitrogen and oxygen atoms in total. The predicted molar refractivity (Wildman–Crippen MR) is 131 cm³/mol. The summed E-state index contributed by atoms with van der Waals surface area (Å²) in [6.45, 7) is 7.76. The predicted octanol–water partition coefficient (Wildman–Crippen LogP) is 4.93. The van der Waals surface area contributed by atoms with E-state index < -0.39 is 5.60 Å². The lowest BCUT2D eigenvalue weighted by molar-refractivity contribution is 0.0199. The molecule has 4 rings (SSSR count). The van der Waals surface area contributed by atoms with Gasteiger partial charge in [-0.2, -0.15) is 0 Å². The van der Waals surface area contributed by atoms with Gasteiger partial charge >= 0.3 is 6.09 Å². The van der Waals surface area contributed by atoms with Crippen LogP contribution in [0.1, 0.15) is 39.2 Å². The van der Waals surface area contributed by atoms with Crippen molar-refractivity contribution >= 4 is 23.1 Å². The van der Waals surface area contributed by atoms with Crippen molar-refractivity contribution in [2.45, 2.75) is 51.8 Å². The van der Waals surface area contributed by atoms with E-state index in [-0.39, 0.29) is 12.1 Å². The molecule has 1 aliphatic rings. The van der Waals surface area contributed by atoms with Gasteiger partial charge in [-0.3, -0.25) is 0 Å². The number of piperidine rings is 1. The van der Waals surface area contributed by atoms with Crippen LogP contribution in [0.5, 0.6) is 5.75 Å². The molecular formula is C26H34N4O3. The van der Waals surface area contributed by atoms with Gasteiger partial charge in [-0.25, -0.2) is 9.78 Å². The van der Waals surface area contributed by atoms with E-state index in [1.165, 1.54) is 5.56 Å². The molecule has 0 radical (unpaired) electrons. The number of likely N-dealkylation sites (tertiary alicyclic amines) is 1. The van der Waals surface area contributed by atoms with Crippen LogP contribution in [0.25, 0.3) is 11.0 Å². The summed E-state index contributed by atoms with van der Waals surface area (Å²) in [5, 5.41) is 0. The van der Waals surface area contributed by atoms with Crippen LogP contribution in [-0.4, -0.2) is 59.4 Å². The third-order valence-corrected chi connectivity index (χ3v) is 6.05. The van der Waals surface area contributed by atoms with Gasteiger partial charge < -0.3 is 23.8 Å². The van der Waals surface area contributed by atoms with Crippen molar-refractivity contribution in [3.8, 4) is 5.75 Å². The topological polar surface area (TPSA) is 59.8 Å². The summed E-state index contributed by atoms with van der Waals surface area (Å²) < 4.78 is 13.2. The van der Waals surface area contributed by atoms with Gasteiger partial charge in [0.1, 0.15) is 11.4 Å². The van der Waals surface area contributed by atoms with Crippen molar-refractivity contribution in [3.05, 3.63) is 54.1 Å². The van der Waals surface area contributed by atoms with E-state index in [9.17, 15) is 4.79 Å². The molecule has 0 spiro atoms. The largest absolute Gasteiger partial charge is 0.497 e. The van der Waals surface area contributed by atoms with E-state index in [0.717, 1.165) is 42.1 Å². The number of hydrogen-bond donors (Lipinski definition) is 0. The average molecular weight is 451 g/mol. The van der Waals surface area contributed by atoms with Gasteiger partial charge in [-0.1, -0.05) is 24.3 Å². The highest BCUT2D eigenvalue weighted by Gasteiger charge is 2.31. The number of amides is 1. The minimum Gasteiger partial charge on any atom is -0.497 e. The Morgan fingerprint density at radius 1 is 1.15 bits per heavy atom. The van der Waals surface area contributed by atoms with E-state index in [0.29, 0.717) is 13.1 Å². The lowest BCUT2D eigenvalue weighted by atomic mass is 10.1. The Morgan fingerprint density at radius 3 is 2.58 bits per heavy atom. The van der Waals surface area contributed by atoms with Gasteiger partial charge in [0, 0.05) is 26.2 Å². The van der Waals surface area contributed by atoms with Crippen LogP contribution in [0.3, 0.4) is 0 Å². The van der Waals surface area contributed by atoms with Crippen LogP contribution in [0.4, 0.5) is 10.7 Å². The van der Waals surface area contributed by atoms with Gasteiger partial charge in [0.2, 0.25) is 5.95 Å². The molecule has 1 aliphatic heterocycles. The first-order chi connectivity index (χ1) is 15.7. The minimum absolute atomic E-state index is 0.165. The van der Waals surface area contributed by atoms with Crippen LogP contribution in [-0.2, 0) is 11.3 Å². The molecular weight excluding hydrogens is 416 g/mol. The molecule has 1 saturated heterocycles. The Hall–Kier alpha value is -3.22. The Labute approximate surface area is 195 Å². The van der Waals surface area contributed by atoms with Crippen molar-refractivity contribution in [2.24, 2.45) is 0 Å². The third-order valence-electron chi connectivity index (χ3n) is 6.05. The number of rotatable bonds is 5. The van der Waals surface area contributed by atoms with Gasteiger partial charge in [0.05, 0.1) is 24.7 Å².